The van der Waals surface area contributed by atoms with Crippen LogP contribution in [0.15, 0.2) is 36.9 Å². The largest absolute Gasteiger partial charge is 0.444 e. The van der Waals surface area contributed by atoms with Crippen LogP contribution in [0.25, 0.3) is 0 Å². The highest BCUT2D eigenvalue weighted by atomic mass is 35.5. The summed E-state index contributed by atoms with van der Waals surface area (Å²) in [6.45, 7) is 9.62. The quantitative estimate of drug-likeness (QED) is 0.333. The molecule has 1 aromatic heterocycles. The zero-order chi connectivity index (χ0) is 36.0. The Bertz CT molecular complexity index is 1440. The molecule has 6 rings (SSSR count). The number of hydrogen-bond acceptors (Lipinski definition) is 7. The van der Waals surface area contributed by atoms with E-state index < -0.39 is 17.7 Å². The molecule has 2 atom stereocenters. The van der Waals surface area contributed by atoms with Crippen molar-refractivity contribution in [3.63, 3.8) is 0 Å². The predicted molar refractivity (Wildman–Crippen MR) is 197 cm³/mol. The molecule has 4 heterocycles. The topological polar surface area (TPSA) is 113 Å². The maximum atomic E-state index is 14.4. The number of rotatable bonds is 9. The van der Waals surface area contributed by atoms with Gasteiger partial charge in [0.1, 0.15) is 24.3 Å². The van der Waals surface area contributed by atoms with Gasteiger partial charge >= 0.3 is 6.09 Å². The molecule has 1 saturated carbocycles. The zero-order valence-corrected chi connectivity index (χ0v) is 31.7. The second-order valence-electron chi connectivity index (χ2n) is 16.5. The van der Waals surface area contributed by atoms with Crippen LogP contribution >= 0.6 is 11.6 Å². The highest BCUT2D eigenvalue weighted by Crippen LogP contribution is 2.47. The lowest BCUT2D eigenvalue weighted by atomic mass is 9.63. The average Bonchev–Trinajstić information content (AvgIpc) is 3.65. The number of likely N-dealkylation sites (tertiary alicyclic amines) is 3. The van der Waals surface area contributed by atoms with E-state index in [0.29, 0.717) is 43.4 Å². The van der Waals surface area contributed by atoms with E-state index in [-0.39, 0.29) is 29.3 Å². The molecule has 3 aliphatic heterocycles. The van der Waals surface area contributed by atoms with Gasteiger partial charge in [0, 0.05) is 50.3 Å². The second kappa shape index (κ2) is 16.7. The molecule has 4 fully saturated rings. The van der Waals surface area contributed by atoms with Crippen LogP contribution in [-0.2, 0) is 27.3 Å². The van der Waals surface area contributed by atoms with Crippen molar-refractivity contribution in [2.24, 2.45) is 11.3 Å². The van der Waals surface area contributed by atoms with Gasteiger partial charge in [-0.25, -0.2) is 9.78 Å². The third kappa shape index (κ3) is 9.63. The first-order valence-corrected chi connectivity index (χ1v) is 19.8. The van der Waals surface area contributed by atoms with Gasteiger partial charge in [-0.05, 0) is 114 Å². The van der Waals surface area contributed by atoms with Gasteiger partial charge in [-0.15, -0.1) is 0 Å². The summed E-state index contributed by atoms with van der Waals surface area (Å²) in [4.78, 5) is 51.1. The first kappa shape index (κ1) is 37.6. The number of piperidine rings is 3. The molecule has 3 saturated heterocycles. The number of halogens is 1. The highest BCUT2D eigenvalue weighted by Gasteiger charge is 2.44. The smallest absolute Gasteiger partial charge is 0.410 e. The van der Waals surface area contributed by atoms with Crippen LogP contribution in [0.5, 0.6) is 0 Å². The van der Waals surface area contributed by atoms with E-state index in [9.17, 15) is 14.4 Å². The maximum absolute atomic E-state index is 14.4. The van der Waals surface area contributed by atoms with Crippen LogP contribution in [0.4, 0.5) is 4.79 Å². The van der Waals surface area contributed by atoms with Gasteiger partial charge in [-0.2, -0.15) is 5.10 Å². The van der Waals surface area contributed by atoms with Crippen LogP contribution in [0.3, 0.4) is 0 Å². The van der Waals surface area contributed by atoms with Gasteiger partial charge in [-0.1, -0.05) is 43.0 Å². The van der Waals surface area contributed by atoms with Gasteiger partial charge < -0.3 is 19.9 Å². The van der Waals surface area contributed by atoms with Crippen LogP contribution in [0, 0.1) is 11.3 Å². The monoisotopic (exact) mass is 723 g/mol. The second-order valence-corrected chi connectivity index (χ2v) is 16.9. The van der Waals surface area contributed by atoms with Crippen molar-refractivity contribution < 1.29 is 19.1 Å². The molecule has 2 aromatic rings. The van der Waals surface area contributed by atoms with Crippen LogP contribution in [0.1, 0.15) is 103 Å². The SMILES string of the molecule is CC(C)(C)OC(=O)N1CCCC[C@H]1C(=O)N1CCC(N[C@H](Cc2ccc(Cl)cc2)C(=O)N2CCC(Cn3cncn3)(C3CCCCC3)CC2)CC1. The number of hydrogen-bond donors (Lipinski definition) is 1. The fraction of sp³-hybridized carbons (Fsp3) is 0.718. The molecule has 1 aliphatic carbocycles. The van der Waals surface area contributed by atoms with E-state index in [0.717, 1.165) is 63.7 Å². The molecule has 3 amide bonds. The van der Waals surface area contributed by atoms with E-state index in [1.54, 1.807) is 11.2 Å². The maximum Gasteiger partial charge on any atom is 0.410 e. The predicted octanol–water partition coefficient (Wildman–Crippen LogP) is 6.10. The molecule has 4 aliphatic rings. The van der Waals surface area contributed by atoms with E-state index in [4.69, 9.17) is 16.3 Å². The van der Waals surface area contributed by atoms with Crippen molar-refractivity contribution in [2.45, 2.75) is 135 Å². The Hall–Kier alpha value is -3.18. The van der Waals surface area contributed by atoms with Crippen molar-refractivity contribution in [1.29, 1.82) is 0 Å². The Morgan fingerprint density at radius 1 is 0.902 bits per heavy atom. The number of aromatic nitrogens is 3. The molecular formula is C39H58ClN7O4. The summed E-state index contributed by atoms with van der Waals surface area (Å²) in [7, 11) is 0. The highest BCUT2D eigenvalue weighted by molar-refractivity contribution is 6.30. The minimum absolute atomic E-state index is 0.00783. The summed E-state index contributed by atoms with van der Waals surface area (Å²) in [5.41, 5.74) is 0.578. The number of carbonyl (C=O) groups is 3. The summed E-state index contributed by atoms with van der Waals surface area (Å²) in [5, 5.41) is 8.91. The molecule has 51 heavy (non-hydrogen) atoms. The molecule has 1 aromatic carbocycles. The van der Waals surface area contributed by atoms with E-state index >= 15 is 0 Å². The van der Waals surface area contributed by atoms with Crippen molar-refractivity contribution in [3.05, 3.63) is 47.5 Å². The molecule has 0 unspecified atom stereocenters. The Labute approximate surface area is 308 Å². The van der Waals surface area contributed by atoms with Crippen LogP contribution < -0.4 is 5.32 Å². The normalized spacial score (nSPS) is 22.8. The first-order valence-electron chi connectivity index (χ1n) is 19.4. The van der Waals surface area contributed by atoms with E-state index in [1.807, 2.05) is 60.9 Å². The minimum atomic E-state index is -0.614. The number of amides is 3. The summed E-state index contributed by atoms with van der Waals surface area (Å²) in [6.07, 6.45) is 15.9. The van der Waals surface area contributed by atoms with Crippen LogP contribution in [-0.4, -0.2) is 104 Å². The molecule has 0 bridgehead atoms. The Morgan fingerprint density at radius 2 is 1.59 bits per heavy atom. The lowest BCUT2D eigenvalue weighted by Crippen LogP contribution is -2.58. The van der Waals surface area contributed by atoms with Crippen molar-refractivity contribution in [3.8, 4) is 0 Å². The third-order valence-corrected chi connectivity index (χ3v) is 12.0. The summed E-state index contributed by atoms with van der Waals surface area (Å²) < 4.78 is 7.65. The number of carbonyl (C=O) groups excluding carboxylic acids is 3. The molecule has 0 radical (unpaired) electrons. The summed E-state index contributed by atoms with van der Waals surface area (Å²) >= 11 is 6.22. The fourth-order valence-electron chi connectivity index (χ4n) is 9.00. The number of nitrogens with zero attached hydrogens (tertiary/aromatic N) is 6. The van der Waals surface area contributed by atoms with E-state index in [1.165, 1.54) is 32.1 Å². The first-order chi connectivity index (χ1) is 24.5. The summed E-state index contributed by atoms with van der Waals surface area (Å²) in [6, 6.07) is 7.03. The number of benzene rings is 1. The standard InChI is InChI=1S/C39H58ClN7O4/c1-38(2,3)51-37(50)47-20-8-7-11-34(47)36(49)44-21-16-32(17-22-44)43-33(25-29-12-14-31(40)15-13-29)35(48)45-23-18-39(19-24-45,26-46-28-41-27-42-46)30-9-5-4-6-10-30/h12-15,27-28,30,32-34,43H,4-11,16-26H2,1-3H3/t33-,34+/m1/s1. The van der Waals surface area contributed by atoms with Gasteiger partial charge in [-0.3, -0.25) is 19.2 Å². The molecule has 0 spiro atoms. The molecular weight excluding hydrogens is 666 g/mol. The average molecular weight is 724 g/mol. The van der Waals surface area contributed by atoms with Crippen molar-refractivity contribution in [2.75, 3.05) is 32.7 Å². The zero-order valence-electron chi connectivity index (χ0n) is 30.9. The number of nitrogens with one attached hydrogen (secondary N) is 1. The Kier molecular flexibility index (Phi) is 12.3. The van der Waals surface area contributed by atoms with Crippen molar-refractivity contribution >= 4 is 29.5 Å². The van der Waals surface area contributed by atoms with Gasteiger partial charge in [0.15, 0.2) is 0 Å². The Balaban J connectivity index is 1.09. The van der Waals surface area contributed by atoms with Gasteiger partial charge in [0.2, 0.25) is 11.8 Å². The van der Waals surface area contributed by atoms with Crippen LogP contribution in [0.2, 0.25) is 5.02 Å². The molecule has 11 nitrogen and oxygen atoms in total. The van der Waals surface area contributed by atoms with Gasteiger partial charge in [0.05, 0.1) is 6.04 Å². The van der Waals surface area contributed by atoms with E-state index in [2.05, 4.69) is 20.3 Å². The molecule has 280 valence electrons. The lowest BCUT2D eigenvalue weighted by Gasteiger charge is -2.48. The van der Waals surface area contributed by atoms with Gasteiger partial charge in [0.25, 0.3) is 0 Å². The third-order valence-electron chi connectivity index (χ3n) is 11.8. The molecule has 12 heteroatoms. The summed E-state index contributed by atoms with van der Waals surface area (Å²) in [5.74, 6) is 0.804. The minimum Gasteiger partial charge on any atom is -0.444 e. The number of ether oxygens (including phenoxy) is 1. The fourth-order valence-corrected chi connectivity index (χ4v) is 9.13. The van der Waals surface area contributed by atoms with Crippen molar-refractivity contribution in [1.82, 2.24) is 34.8 Å². The molecule has 1 N–H and O–H groups in total. The Morgan fingerprint density at radius 3 is 2.24 bits per heavy atom. The lowest BCUT2D eigenvalue weighted by molar-refractivity contribution is -0.140.